The van der Waals surface area contributed by atoms with Crippen molar-refractivity contribution in [1.82, 2.24) is 5.32 Å². The molecule has 0 saturated carbocycles. The van der Waals surface area contributed by atoms with Crippen molar-refractivity contribution in [3.8, 4) is 5.75 Å². The molecule has 0 fully saturated rings. The summed E-state index contributed by atoms with van der Waals surface area (Å²) in [6.45, 7) is 9.18. The zero-order valence-corrected chi connectivity index (χ0v) is 11.8. The van der Waals surface area contributed by atoms with Gasteiger partial charge in [-0.1, -0.05) is 44.2 Å². The average Bonchev–Trinajstić information content (AvgIpc) is 2.35. The van der Waals surface area contributed by atoms with E-state index >= 15 is 0 Å². The molecule has 0 bridgehead atoms. The van der Waals surface area contributed by atoms with Crippen LogP contribution in [-0.2, 0) is 0 Å². The van der Waals surface area contributed by atoms with Gasteiger partial charge in [0.25, 0.3) is 0 Å². The van der Waals surface area contributed by atoms with Crippen LogP contribution in [0, 0.1) is 5.92 Å². The summed E-state index contributed by atoms with van der Waals surface area (Å²) in [5, 5.41) is 3.40. The molecule has 0 radical (unpaired) electrons. The second kappa shape index (κ2) is 8.76. The van der Waals surface area contributed by atoms with E-state index in [9.17, 15) is 0 Å². The van der Waals surface area contributed by atoms with Crippen molar-refractivity contribution in [1.29, 1.82) is 0 Å². The van der Waals surface area contributed by atoms with Gasteiger partial charge < -0.3 is 10.1 Å². The minimum Gasteiger partial charge on any atom is -0.492 e. The smallest absolute Gasteiger partial charge is 0.126 e. The first-order valence-corrected chi connectivity index (χ1v) is 6.79. The highest BCUT2D eigenvalue weighted by Gasteiger charge is 1.99. The van der Waals surface area contributed by atoms with Gasteiger partial charge in [-0.25, -0.2) is 0 Å². The molecule has 1 aromatic rings. The highest BCUT2D eigenvalue weighted by atomic mass is 16.5. The lowest BCUT2D eigenvalue weighted by Crippen LogP contribution is -2.23. The Kier molecular flexibility index (Phi) is 7.19. The van der Waals surface area contributed by atoms with Gasteiger partial charge in [0.1, 0.15) is 12.4 Å². The topological polar surface area (TPSA) is 21.3 Å². The lowest BCUT2D eigenvalue weighted by Gasteiger charge is -2.10. The van der Waals surface area contributed by atoms with Crippen LogP contribution in [0.25, 0.3) is 6.08 Å². The third-order valence-corrected chi connectivity index (χ3v) is 2.70. The fraction of sp³-hybridized carbons (Fsp3) is 0.500. The van der Waals surface area contributed by atoms with E-state index in [-0.39, 0.29) is 0 Å². The Labute approximate surface area is 111 Å². The Bertz CT molecular complexity index is 358. The third-order valence-electron chi connectivity index (χ3n) is 2.70. The maximum atomic E-state index is 5.78. The molecule has 2 heteroatoms. The molecule has 0 aliphatic rings. The van der Waals surface area contributed by atoms with Crippen LogP contribution in [0.3, 0.4) is 0 Å². The van der Waals surface area contributed by atoms with E-state index in [1.54, 1.807) is 0 Å². The molecule has 0 aliphatic carbocycles. The van der Waals surface area contributed by atoms with Crippen molar-refractivity contribution in [2.75, 3.05) is 19.7 Å². The summed E-state index contributed by atoms with van der Waals surface area (Å²) in [6.07, 6.45) is 5.32. The van der Waals surface area contributed by atoms with Crippen LogP contribution in [0.5, 0.6) is 5.75 Å². The summed E-state index contributed by atoms with van der Waals surface area (Å²) in [5.74, 6) is 1.72. The Morgan fingerprint density at radius 1 is 1.22 bits per heavy atom. The van der Waals surface area contributed by atoms with Crippen molar-refractivity contribution in [2.45, 2.75) is 27.2 Å². The van der Waals surface area contributed by atoms with Gasteiger partial charge in [-0.15, -0.1) is 0 Å². The standard InChI is InChI=1S/C16H25NO/c1-4-7-15-8-5-6-9-16(15)18-13-12-17-11-10-14(2)3/h4-9,14,17H,10-13H2,1-3H3. The van der Waals surface area contributed by atoms with Gasteiger partial charge in [0.2, 0.25) is 0 Å². The predicted molar refractivity (Wildman–Crippen MR) is 79.0 cm³/mol. The second-order valence-corrected chi connectivity index (χ2v) is 4.82. The van der Waals surface area contributed by atoms with Crippen LogP contribution in [0.2, 0.25) is 0 Å². The molecule has 1 aromatic carbocycles. The van der Waals surface area contributed by atoms with Crippen LogP contribution in [0.1, 0.15) is 32.8 Å². The number of ether oxygens (including phenoxy) is 1. The largest absolute Gasteiger partial charge is 0.492 e. The molecule has 1 rings (SSSR count). The van der Waals surface area contributed by atoms with E-state index in [1.807, 2.05) is 31.2 Å². The van der Waals surface area contributed by atoms with E-state index in [2.05, 4.69) is 31.3 Å². The number of hydrogen-bond donors (Lipinski definition) is 1. The van der Waals surface area contributed by atoms with Gasteiger partial charge >= 0.3 is 0 Å². The molecule has 0 amide bonds. The molecule has 2 nitrogen and oxygen atoms in total. The molecule has 0 aliphatic heterocycles. The van der Waals surface area contributed by atoms with E-state index < -0.39 is 0 Å². The van der Waals surface area contributed by atoms with E-state index in [4.69, 9.17) is 4.74 Å². The lowest BCUT2D eigenvalue weighted by atomic mass is 10.1. The number of para-hydroxylation sites is 1. The molecule has 0 unspecified atom stereocenters. The Morgan fingerprint density at radius 2 is 2.00 bits per heavy atom. The summed E-state index contributed by atoms with van der Waals surface area (Å²) in [4.78, 5) is 0. The van der Waals surface area contributed by atoms with Crippen LogP contribution >= 0.6 is 0 Å². The summed E-state index contributed by atoms with van der Waals surface area (Å²) in [7, 11) is 0. The van der Waals surface area contributed by atoms with Crippen molar-refractivity contribution in [3.63, 3.8) is 0 Å². The first kappa shape index (κ1) is 14.8. The number of nitrogens with one attached hydrogen (secondary N) is 1. The molecule has 100 valence electrons. The molecule has 0 atom stereocenters. The fourth-order valence-corrected chi connectivity index (χ4v) is 1.68. The Morgan fingerprint density at radius 3 is 2.72 bits per heavy atom. The SMILES string of the molecule is CC=Cc1ccccc1OCCNCCC(C)C. The van der Waals surface area contributed by atoms with Crippen LogP contribution < -0.4 is 10.1 Å². The van der Waals surface area contributed by atoms with E-state index in [0.29, 0.717) is 6.61 Å². The van der Waals surface area contributed by atoms with Crippen molar-refractivity contribution < 1.29 is 4.74 Å². The summed E-state index contributed by atoms with van der Waals surface area (Å²) >= 11 is 0. The summed E-state index contributed by atoms with van der Waals surface area (Å²) in [5.41, 5.74) is 1.14. The van der Waals surface area contributed by atoms with Gasteiger partial charge in [-0.3, -0.25) is 0 Å². The molecule has 1 N–H and O–H groups in total. The molecular weight excluding hydrogens is 222 g/mol. The molecule has 0 aromatic heterocycles. The Hall–Kier alpha value is -1.28. The lowest BCUT2D eigenvalue weighted by molar-refractivity contribution is 0.312. The predicted octanol–water partition coefficient (Wildman–Crippen LogP) is 3.73. The van der Waals surface area contributed by atoms with Gasteiger partial charge in [0.15, 0.2) is 0 Å². The third kappa shape index (κ3) is 5.87. The number of benzene rings is 1. The van der Waals surface area contributed by atoms with Crippen molar-refractivity contribution >= 4 is 6.08 Å². The highest BCUT2D eigenvalue weighted by Crippen LogP contribution is 2.19. The molecule has 0 heterocycles. The molecule has 0 saturated heterocycles. The van der Waals surface area contributed by atoms with Gasteiger partial charge in [-0.05, 0) is 31.9 Å². The first-order valence-electron chi connectivity index (χ1n) is 6.79. The van der Waals surface area contributed by atoms with Gasteiger partial charge in [-0.2, -0.15) is 0 Å². The zero-order chi connectivity index (χ0) is 13.2. The fourth-order valence-electron chi connectivity index (χ4n) is 1.68. The monoisotopic (exact) mass is 247 g/mol. The zero-order valence-electron chi connectivity index (χ0n) is 11.8. The summed E-state index contributed by atoms with van der Waals surface area (Å²) < 4.78 is 5.78. The van der Waals surface area contributed by atoms with Crippen LogP contribution in [0.15, 0.2) is 30.3 Å². The van der Waals surface area contributed by atoms with Crippen molar-refractivity contribution in [2.24, 2.45) is 5.92 Å². The minimum absolute atomic E-state index is 0.715. The van der Waals surface area contributed by atoms with E-state index in [0.717, 1.165) is 30.3 Å². The van der Waals surface area contributed by atoms with Crippen LogP contribution in [0.4, 0.5) is 0 Å². The molecular formula is C16H25NO. The number of hydrogen-bond acceptors (Lipinski definition) is 2. The maximum Gasteiger partial charge on any atom is 0.126 e. The molecule has 0 spiro atoms. The molecule has 18 heavy (non-hydrogen) atoms. The maximum absolute atomic E-state index is 5.78. The van der Waals surface area contributed by atoms with Gasteiger partial charge in [0, 0.05) is 12.1 Å². The average molecular weight is 247 g/mol. The quantitative estimate of drug-likeness (QED) is 0.707. The number of allylic oxidation sites excluding steroid dienone is 1. The van der Waals surface area contributed by atoms with Crippen molar-refractivity contribution in [3.05, 3.63) is 35.9 Å². The highest BCUT2D eigenvalue weighted by molar-refractivity contribution is 5.56. The summed E-state index contributed by atoms with van der Waals surface area (Å²) in [6, 6.07) is 8.13. The first-order chi connectivity index (χ1) is 8.74. The minimum atomic E-state index is 0.715. The normalized spacial score (nSPS) is 11.3. The van der Waals surface area contributed by atoms with E-state index in [1.165, 1.54) is 6.42 Å². The van der Waals surface area contributed by atoms with Gasteiger partial charge in [0.05, 0.1) is 0 Å². The number of rotatable bonds is 8. The second-order valence-electron chi connectivity index (χ2n) is 4.82. The Balaban J connectivity index is 2.27. The van der Waals surface area contributed by atoms with Crippen LogP contribution in [-0.4, -0.2) is 19.7 Å².